The molecule has 0 spiro atoms. The second-order valence-electron chi connectivity index (χ2n) is 6.78. The van der Waals surface area contributed by atoms with Crippen LogP contribution in [0.4, 0.5) is 0 Å². The maximum atomic E-state index is 13.3. The Morgan fingerprint density at radius 2 is 1.83 bits per heavy atom. The van der Waals surface area contributed by atoms with Gasteiger partial charge in [-0.1, -0.05) is 91.6 Å². The summed E-state index contributed by atoms with van der Waals surface area (Å²) >= 11 is 0. The van der Waals surface area contributed by atoms with Gasteiger partial charge < -0.3 is 5.32 Å². The molecular formula is C25H25N3O. The minimum absolute atomic E-state index is 0.0855. The summed E-state index contributed by atoms with van der Waals surface area (Å²) in [4.78, 5) is 14.7. The van der Waals surface area contributed by atoms with Crippen molar-refractivity contribution in [2.24, 2.45) is 0 Å². The molecule has 1 unspecified atom stereocenters. The van der Waals surface area contributed by atoms with E-state index in [1.165, 1.54) is 4.90 Å². The van der Waals surface area contributed by atoms with E-state index in [-0.39, 0.29) is 11.9 Å². The van der Waals surface area contributed by atoms with Crippen molar-refractivity contribution < 1.29 is 4.79 Å². The van der Waals surface area contributed by atoms with Crippen molar-refractivity contribution in [3.05, 3.63) is 114 Å². The summed E-state index contributed by atoms with van der Waals surface area (Å²) in [6.07, 6.45) is 11.6. The highest BCUT2D eigenvalue weighted by molar-refractivity contribution is 6.10. The molecule has 146 valence electrons. The van der Waals surface area contributed by atoms with Crippen molar-refractivity contribution in [2.45, 2.75) is 12.5 Å². The number of amides is 1. The summed E-state index contributed by atoms with van der Waals surface area (Å²) in [5.41, 5.74) is 2.48. The molecule has 29 heavy (non-hydrogen) atoms. The third-order valence-electron chi connectivity index (χ3n) is 4.97. The van der Waals surface area contributed by atoms with Crippen molar-refractivity contribution in [3.8, 4) is 0 Å². The zero-order valence-corrected chi connectivity index (χ0v) is 16.7. The van der Waals surface area contributed by atoms with Crippen molar-refractivity contribution in [2.75, 3.05) is 7.05 Å². The van der Waals surface area contributed by atoms with Crippen LogP contribution in [0.3, 0.4) is 0 Å². The number of guanidine groups is 1. The van der Waals surface area contributed by atoms with E-state index in [9.17, 15) is 4.79 Å². The zero-order valence-electron chi connectivity index (χ0n) is 16.7. The second kappa shape index (κ2) is 8.57. The number of carbonyl (C=O) groups excluding carboxylic acids is 1. The van der Waals surface area contributed by atoms with E-state index in [0.29, 0.717) is 0 Å². The van der Waals surface area contributed by atoms with Gasteiger partial charge in [-0.15, -0.1) is 0 Å². The van der Waals surface area contributed by atoms with Gasteiger partial charge in [-0.05, 0) is 35.3 Å². The Morgan fingerprint density at radius 3 is 2.45 bits per heavy atom. The lowest BCUT2D eigenvalue weighted by Gasteiger charge is -2.28. The SMILES string of the molecule is C=C/C=C/C=C(\C=C/C)c1cccc(C2(c3ccccc3)NC(=N)N(C)C2=O)c1. The number of likely N-dealkylation sites (N-methyl/N-ethyl adjacent to an activating group) is 1. The summed E-state index contributed by atoms with van der Waals surface area (Å²) in [6, 6.07) is 17.5. The van der Waals surface area contributed by atoms with Crippen LogP contribution in [-0.4, -0.2) is 23.8 Å². The molecule has 0 saturated carbocycles. The Morgan fingerprint density at radius 1 is 1.10 bits per heavy atom. The van der Waals surface area contributed by atoms with Crippen LogP contribution in [0.5, 0.6) is 0 Å². The molecule has 1 amide bonds. The number of hydrogen-bond acceptors (Lipinski definition) is 2. The number of allylic oxidation sites excluding steroid dienone is 7. The molecule has 1 heterocycles. The molecule has 2 aromatic rings. The minimum atomic E-state index is -1.12. The van der Waals surface area contributed by atoms with Crippen LogP contribution in [0, 0.1) is 5.41 Å². The van der Waals surface area contributed by atoms with Gasteiger partial charge in [0.25, 0.3) is 5.91 Å². The third-order valence-corrected chi connectivity index (χ3v) is 4.97. The molecule has 4 heteroatoms. The predicted molar refractivity (Wildman–Crippen MR) is 119 cm³/mol. The Balaban J connectivity index is 2.19. The smallest absolute Gasteiger partial charge is 0.264 e. The molecule has 1 saturated heterocycles. The highest BCUT2D eigenvalue weighted by Gasteiger charge is 2.50. The van der Waals surface area contributed by atoms with E-state index < -0.39 is 5.54 Å². The van der Waals surface area contributed by atoms with Crippen LogP contribution in [0.2, 0.25) is 0 Å². The van der Waals surface area contributed by atoms with Crippen molar-refractivity contribution in [1.82, 2.24) is 10.2 Å². The first-order chi connectivity index (χ1) is 14.0. The Bertz CT molecular complexity index is 1020. The van der Waals surface area contributed by atoms with E-state index >= 15 is 0 Å². The Hall–Kier alpha value is -3.66. The first kappa shape index (κ1) is 20.1. The number of nitrogens with one attached hydrogen (secondary N) is 2. The van der Waals surface area contributed by atoms with Crippen molar-refractivity contribution in [1.29, 1.82) is 5.41 Å². The molecule has 1 aliphatic heterocycles. The molecule has 0 aromatic heterocycles. The summed E-state index contributed by atoms with van der Waals surface area (Å²) in [6.45, 7) is 5.67. The monoisotopic (exact) mass is 383 g/mol. The van der Waals surface area contributed by atoms with Crippen LogP contribution in [0.25, 0.3) is 5.57 Å². The summed E-state index contributed by atoms with van der Waals surface area (Å²) in [5.74, 6) is -0.0867. The van der Waals surface area contributed by atoms with Crippen LogP contribution in [-0.2, 0) is 10.3 Å². The van der Waals surface area contributed by atoms with Gasteiger partial charge in [-0.3, -0.25) is 15.1 Å². The van der Waals surface area contributed by atoms with Gasteiger partial charge in [0, 0.05) is 7.05 Å². The van der Waals surface area contributed by atoms with E-state index in [0.717, 1.165) is 22.3 Å². The molecule has 0 aliphatic carbocycles. The minimum Gasteiger partial charge on any atom is -0.334 e. The lowest BCUT2D eigenvalue weighted by atomic mass is 9.81. The van der Waals surface area contributed by atoms with Crippen LogP contribution in [0.15, 0.2) is 97.6 Å². The van der Waals surface area contributed by atoms with Crippen LogP contribution in [0.1, 0.15) is 23.6 Å². The number of hydrogen-bond donors (Lipinski definition) is 2. The van der Waals surface area contributed by atoms with Crippen molar-refractivity contribution in [3.63, 3.8) is 0 Å². The number of carbonyl (C=O) groups is 1. The fourth-order valence-electron chi connectivity index (χ4n) is 3.51. The average Bonchev–Trinajstić information content (AvgIpc) is 2.99. The molecule has 1 atom stereocenters. The molecule has 4 nitrogen and oxygen atoms in total. The topological polar surface area (TPSA) is 56.2 Å². The van der Waals surface area contributed by atoms with E-state index in [2.05, 4.69) is 11.9 Å². The van der Waals surface area contributed by atoms with E-state index in [1.54, 1.807) is 13.1 Å². The summed E-state index contributed by atoms with van der Waals surface area (Å²) in [5, 5.41) is 11.4. The molecule has 1 fully saturated rings. The number of nitrogens with zero attached hydrogens (tertiary/aromatic N) is 1. The van der Waals surface area contributed by atoms with Crippen molar-refractivity contribution >= 4 is 17.4 Å². The van der Waals surface area contributed by atoms with Gasteiger partial charge in [0.15, 0.2) is 11.5 Å². The molecule has 3 rings (SSSR count). The standard InChI is InChI=1S/C25H25N3O/c1-4-6-8-13-19(12-5-2)20-14-11-17-22(18-20)25(21-15-9-7-10-16-21)23(29)28(3)24(26)27-25/h4-18H,1H2,2-3H3,(H2,26,27)/b8-6+,12-5-,19-13+. The van der Waals surface area contributed by atoms with E-state index in [4.69, 9.17) is 5.41 Å². The highest BCUT2D eigenvalue weighted by Crippen LogP contribution is 2.36. The highest BCUT2D eigenvalue weighted by atomic mass is 16.2. The maximum Gasteiger partial charge on any atom is 0.264 e. The predicted octanol–water partition coefficient (Wildman–Crippen LogP) is 4.63. The molecule has 1 aliphatic rings. The number of rotatable bonds is 6. The van der Waals surface area contributed by atoms with Crippen LogP contribution < -0.4 is 5.32 Å². The second-order valence-corrected chi connectivity index (χ2v) is 6.78. The van der Waals surface area contributed by atoms with Gasteiger partial charge in [-0.25, -0.2) is 0 Å². The first-order valence-electron chi connectivity index (χ1n) is 9.48. The fourth-order valence-corrected chi connectivity index (χ4v) is 3.51. The molecular weight excluding hydrogens is 358 g/mol. The quantitative estimate of drug-likeness (QED) is 0.715. The van der Waals surface area contributed by atoms with Gasteiger partial charge in [0.1, 0.15) is 0 Å². The molecule has 0 bridgehead atoms. The summed E-state index contributed by atoms with van der Waals surface area (Å²) in [7, 11) is 1.62. The van der Waals surface area contributed by atoms with E-state index in [1.807, 2.05) is 91.9 Å². The normalized spacial score (nSPS) is 19.9. The molecule has 2 N–H and O–H groups in total. The Labute approximate surface area is 172 Å². The zero-order chi connectivity index (χ0) is 20.9. The van der Waals surface area contributed by atoms with Gasteiger partial charge in [0.2, 0.25) is 0 Å². The molecule has 2 aromatic carbocycles. The lowest BCUT2D eigenvalue weighted by molar-refractivity contribution is -0.129. The summed E-state index contributed by atoms with van der Waals surface area (Å²) < 4.78 is 0. The molecule has 0 radical (unpaired) electrons. The van der Waals surface area contributed by atoms with Gasteiger partial charge in [-0.2, -0.15) is 0 Å². The third kappa shape index (κ3) is 3.69. The maximum absolute atomic E-state index is 13.3. The lowest BCUT2D eigenvalue weighted by Crippen LogP contribution is -2.45. The van der Waals surface area contributed by atoms with Crippen LogP contribution >= 0.6 is 0 Å². The number of benzene rings is 2. The fraction of sp³-hybridized carbons (Fsp3) is 0.120. The first-order valence-corrected chi connectivity index (χ1v) is 9.48. The Kier molecular flexibility index (Phi) is 5.93. The average molecular weight is 383 g/mol. The van der Waals surface area contributed by atoms with Gasteiger partial charge >= 0.3 is 0 Å². The largest absolute Gasteiger partial charge is 0.334 e. The van der Waals surface area contributed by atoms with Gasteiger partial charge in [0.05, 0.1) is 0 Å².